The standard InChI is InChI=1S/C32H24N2O5/c1-32(2)22-15-19(31(38)39)10-12-24(22)34(3)26(32)13-9-17-8-11-20-21(14-17)30(37)27(29(20)36)28-25(35)16-18-6-4-5-7-23(18)33-28/h4-16H,1-3H3,(H2,36,38,39)/p+1. The predicted molar refractivity (Wildman–Crippen MR) is 150 cm³/mol. The van der Waals surface area contributed by atoms with Crippen LogP contribution in [0.15, 0.2) is 72.8 Å². The van der Waals surface area contributed by atoms with Crippen LogP contribution in [0.5, 0.6) is 5.75 Å². The van der Waals surface area contributed by atoms with E-state index in [-0.39, 0.29) is 28.3 Å². The summed E-state index contributed by atoms with van der Waals surface area (Å²) in [5.41, 5.74) is 4.77. The number of nitrogens with zero attached hydrogens (tertiary/aromatic N) is 2. The van der Waals surface area contributed by atoms with E-state index in [4.69, 9.17) is 0 Å². The maximum absolute atomic E-state index is 13.3. The average Bonchev–Trinajstić information content (AvgIpc) is 3.27. The summed E-state index contributed by atoms with van der Waals surface area (Å²) in [6, 6.07) is 19.1. The van der Waals surface area contributed by atoms with Crippen molar-refractivity contribution in [3.05, 3.63) is 106 Å². The molecule has 0 saturated carbocycles. The number of carbonyl (C=O) groups excluding carboxylic acids is 1. The molecule has 1 aliphatic heterocycles. The minimum atomic E-state index is -0.965. The van der Waals surface area contributed by atoms with E-state index in [9.17, 15) is 24.9 Å². The number of aromatic hydroxyl groups is 1. The van der Waals surface area contributed by atoms with E-state index in [1.807, 2.05) is 61.9 Å². The maximum atomic E-state index is 13.3. The fourth-order valence-corrected chi connectivity index (χ4v) is 5.59. The van der Waals surface area contributed by atoms with Gasteiger partial charge in [-0.1, -0.05) is 24.3 Å². The van der Waals surface area contributed by atoms with Crippen LogP contribution in [-0.2, 0) is 5.41 Å². The normalized spacial score (nSPS) is 15.9. The van der Waals surface area contributed by atoms with E-state index in [0.29, 0.717) is 16.6 Å². The molecule has 2 heterocycles. The molecule has 0 unspecified atom stereocenters. The monoisotopic (exact) mass is 517 g/mol. The molecular weight excluding hydrogens is 492 g/mol. The summed E-state index contributed by atoms with van der Waals surface area (Å²) in [7, 11) is 1.94. The number of fused-ring (bicyclic) bond motifs is 3. The smallest absolute Gasteiger partial charge is 0.335 e. The number of pyridine rings is 1. The van der Waals surface area contributed by atoms with Gasteiger partial charge in [-0.05, 0) is 61.9 Å². The molecule has 3 aromatic carbocycles. The van der Waals surface area contributed by atoms with Crippen LogP contribution in [0.1, 0.15) is 56.9 Å². The van der Waals surface area contributed by atoms with Crippen LogP contribution >= 0.6 is 0 Å². The van der Waals surface area contributed by atoms with E-state index < -0.39 is 17.2 Å². The van der Waals surface area contributed by atoms with E-state index in [0.717, 1.165) is 27.9 Å². The van der Waals surface area contributed by atoms with Crippen molar-refractivity contribution in [2.24, 2.45) is 0 Å². The van der Waals surface area contributed by atoms with Crippen LogP contribution in [0.3, 0.4) is 0 Å². The molecule has 3 N–H and O–H groups in total. The largest absolute Gasteiger partial charge is 0.506 e. The molecule has 0 amide bonds. The fourth-order valence-electron chi connectivity index (χ4n) is 5.59. The van der Waals surface area contributed by atoms with Gasteiger partial charge in [0.25, 0.3) is 0 Å². The highest BCUT2D eigenvalue weighted by atomic mass is 16.4. The molecule has 1 aliphatic carbocycles. The van der Waals surface area contributed by atoms with Gasteiger partial charge >= 0.3 is 5.97 Å². The number of benzene rings is 3. The number of Topliss-reactive ketones (excluding diaryl/α,β-unsaturated/α-hetero) is 1. The van der Waals surface area contributed by atoms with Gasteiger partial charge in [0.15, 0.2) is 11.5 Å². The lowest BCUT2D eigenvalue weighted by atomic mass is 9.80. The molecule has 2 aliphatic rings. The van der Waals surface area contributed by atoms with Gasteiger partial charge in [0.1, 0.15) is 24.3 Å². The summed E-state index contributed by atoms with van der Waals surface area (Å²) in [6.45, 7) is 4.09. The lowest BCUT2D eigenvalue weighted by molar-refractivity contribution is -0.401. The minimum absolute atomic E-state index is 0.0231. The Bertz CT molecular complexity index is 1860. The van der Waals surface area contributed by atoms with Gasteiger partial charge in [0.2, 0.25) is 5.69 Å². The number of aliphatic hydroxyl groups is 1. The average molecular weight is 518 g/mol. The first kappa shape index (κ1) is 24.3. The van der Waals surface area contributed by atoms with Crippen LogP contribution in [0.25, 0.3) is 28.3 Å². The summed E-state index contributed by atoms with van der Waals surface area (Å²) in [6.07, 6.45) is 3.87. The maximum Gasteiger partial charge on any atom is 0.335 e. The first-order valence-electron chi connectivity index (χ1n) is 12.5. The Morgan fingerprint density at radius 2 is 1.72 bits per heavy atom. The van der Waals surface area contributed by atoms with Crippen LogP contribution in [0, 0.1) is 0 Å². The molecule has 0 spiro atoms. The van der Waals surface area contributed by atoms with Gasteiger partial charge in [-0.25, -0.2) is 9.78 Å². The molecule has 0 atom stereocenters. The summed E-state index contributed by atoms with van der Waals surface area (Å²) in [4.78, 5) is 29.2. The number of rotatable bonds is 4. The minimum Gasteiger partial charge on any atom is -0.506 e. The summed E-state index contributed by atoms with van der Waals surface area (Å²) < 4.78 is 2.04. The zero-order valence-electron chi connectivity index (χ0n) is 21.6. The summed E-state index contributed by atoms with van der Waals surface area (Å²) in [5.74, 6) is -1.76. The Morgan fingerprint density at radius 1 is 0.949 bits per heavy atom. The van der Waals surface area contributed by atoms with E-state index in [2.05, 4.69) is 4.98 Å². The Balaban J connectivity index is 1.37. The molecule has 4 aromatic rings. The molecule has 0 bridgehead atoms. The zero-order valence-corrected chi connectivity index (χ0v) is 21.6. The quantitative estimate of drug-likeness (QED) is 0.287. The topological polar surface area (TPSA) is 111 Å². The Labute approximate surface area is 224 Å². The second kappa shape index (κ2) is 8.49. The third-order valence-corrected chi connectivity index (χ3v) is 7.66. The Hall–Kier alpha value is -5.04. The van der Waals surface area contributed by atoms with Crippen molar-refractivity contribution in [2.75, 3.05) is 7.05 Å². The lowest BCUT2D eigenvalue weighted by Crippen LogP contribution is -2.26. The second-order valence-electron chi connectivity index (χ2n) is 10.3. The highest BCUT2D eigenvalue weighted by molar-refractivity contribution is 6.39. The van der Waals surface area contributed by atoms with Crippen molar-refractivity contribution in [2.45, 2.75) is 19.3 Å². The van der Waals surface area contributed by atoms with Crippen molar-refractivity contribution in [3.8, 4) is 5.75 Å². The predicted octanol–water partition coefficient (Wildman–Crippen LogP) is 5.98. The lowest BCUT2D eigenvalue weighted by Gasteiger charge is -2.15. The highest BCUT2D eigenvalue weighted by Crippen LogP contribution is 2.42. The van der Waals surface area contributed by atoms with Gasteiger partial charge in [0.05, 0.1) is 22.1 Å². The van der Waals surface area contributed by atoms with Gasteiger partial charge in [-0.15, -0.1) is 0 Å². The Morgan fingerprint density at radius 3 is 2.49 bits per heavy atom. The fraction of sp³-hybridized carbons (Fsp3) is 0.125. The second-order valence-corrected chi connectivity index (χ2v) is 10.3. The molecule has 0 fully saturated rings. The first-order valence-corrected chi connectivity index (χ1v) is 12.5. The molecule has 1 aromatic heterocycles. The van der Waals surface area contributed by atoms with E-state index in [1.54, 1.807) is 36.4 Å². The van der Waals surface area contributed by atoms with Crippen LogP contribution in [0.2, 0.25) is 0 Å². The van der Waals surface area contributed by atoms with Crippen molar-refractivity contribution >= 4 is 51.5 Å². The number of para-hydroxylation sites is 1. The number of hydrogen-bond donors (Lipinski definition) is 3. The molecule has 192 valence electrons. The molecular formula is C32H25N2O5+. The SMILES string of the molecule is C[N+]1=C(C=Cc2ccc3c(c2)C(O)=C(c2nc4ccccc4cc2O)C3=O)C(C)(C)c2cc(C(=O)O)ccc21. The van der Waals surface area contributed by atoms with E-state index >= 15 is 0 Å². The molecule has 39 heavy (non-hydrogen) atoms. The first-order chi connectivity index (χ1) is 18.6. The number of aromatic carboxylic acids is 1. The number of carboxylic acid groups (broad SMARTS) is 1. The van der Waals surface area contributed by atoms with Gasteiger partial charge in [0, 0.05) is 34.2 Å². The molecule has 6 rings (SSSR count). The summed E-state index contributed by atoms with van der Waals surface area (Å²) in [5, 5.41) is 31.9. The highest BCUT2D eigenvalue weighted by Gasteiger charge is 2.43. The van der Waals surface area contributed by atoms with Gasteiger partial charge in [-0.2, -0.15) is 4.58 Å². The number of carboxylic acids is 1. The summed E-state index contributed by atoms with van der Waals surface area (Å²) >= 11 is 0. The number of aromatic nitrogens is 1. The number of carbonyl (C=O) groups is 2. The third kappa shape index (κ3) is 3.66. The van der Waals surface area contributed by atoms with Gasteiger partial charge in [-0.3, -0.25) is 4.79 Å². The van der Waals surface area contributed by atoms with Crippen molar-refractivity contribution in [1.29, 1.82) is 0 Å². The molecule has 0 radical (unpaired) electrons. The molecule has 7 nitrogen and oxygen atoms in total. The van der Waals surface area contributed by atoms with Gasteiger partial charge < -0.3 is 15.3 Å². The number of ketones is 1. The van der Waals surface area contributed by atoms with Crippen molar-refractivity contribution < 1.29 is 29.5 Å². The number of hydrogen-bond acceptors (Lipinski definition) is 5. The number of aliphatic hydroxyl groups excluding tert-OH is 1. The van der Waals surface area contributed by atoms with Crippen molar-refractivity contribution in [1.82, 2.24) is 4.98 Å². The van der Waals surface area contributed by atoms with Crippen molar-refractivity contribution in [3.63, 3.8) is 0 Å². The van der Waals surface area contributed by atoms with Crippen LogP contribution < -0.4 is 0 Å². The zero-order chi connectivity index (χ0) is 27.6. The third-order valence-electron chi connectivity index (χ3n) is 7.66. The Kier molecular flexibility index (Phi) is 5.29. The van der Waals surface area contributed by atoms with Crippen LogP contribution in [-0.4, -0.2) is 49.4 Å². The number of allylic oxidation sites excluding steroid dienone is 2. The molecule has 0 saturated heterocycles. The van der Waals surface area contributed by atoms with Crippen LogP contribution in [0.4, 0.5) is 5.69 Å². The van der Waals surface area contributed by atoms with E-state index in [1.165, 1.54) is 6.07 Å². The molecule has 7 heteroatoms.